The lowest BCUT2D eigenvalue weighted by molar-refractivity contribution is -0.0959. The van der Waals surface area contributed by atoms with E-state index in [4.69, 9.17) is 5.73 Å². The average Bonchev–Trinajstić information content (AvgIpc) is 2.04. The van der Waals surface area contributed by atoms with Gasteiger partial charge in [0.1, 0.15) is 0 Å². The molecular weight excluding hydrogens is 181 g/mol. The molecule has 1 aliphatic rings. The summed E-state index contributed by atoms with van der Waals surface area (Å²) >= 11 is 0. The van der Waals surface area contributed by atoms with Gasteiger partial charge in [-0.15, -0.1) is 0 Å². The molecule has 0 aliphatic carbocycles. The maximum absolute atomic E-state index is 12.1. The first-order chi connectivity index (χ1) is 6.04. The van der Waals surface area contributed by atoms with Gasteiger partial charge in [-0.05, 0) is 6.42 Å². The normalized spacial score (nSPS) is 20.2. The van der Waals surface area contributed by atoms with E-state index in [0.29, 0.717) is 26.2 Å². The van der Waals surface area contributed by atoms with Crippen LogP contribution in [-0.2, 0) is 0 Å². The summed E-state index contributed by atoms with van der Waals surface area (Å²) in [5.41, 5.74) is 4.89. The highest BCUT2D eigenvalue weighted by Crippen LogP contribution is 2.29. The summed E-state index contributed by atoms with van der Waals surface area (Å²) in [7, 11) is 0. The van der Waals surface area contributed by atoms with Crippen molar-refractivity contribution in [3.8, 4) is 0 Å². The minimum absolute atomic E-state index is 0.0868. The molecule has 0 unspecified atom stereocenters. The Hall–Kier alpha value is -0.550. The molecule has 0 saturated carbocycles. The van der Waals surface area contributed by atoms with Gasteiger partial charge in [-0.3, -0.25) is 4.90 Å². The Balaban J connectivity index is 2.48. The fraction of sp³-hybridized carbons (Fsp3) is 0.750. The number of hydrogen-bond donors (Lipinski definition) is 1. The molecule has 2 nitrogen and oxygen atoms in total. The van der Waals surface area contributed by atoms with Crippen molar-refractivity contribution in [2.45, 2.75) is 12.6 Å². The molecule has 0 aromatic heterocycles. The predicted molar refractivity (Wildman–Crippen MR) is 44.2 cm³/mol. The SMILES string of the molecule is NCCN1CC=C(C(F)(F)F)CC1. The van der Waals surface area contributed by atoms with Crippen molar-refractivity contribution in [1.29, 1.82) is 0 Å². The molecule has 0 fully saturated rings. The van der Waals surface area contributed by atoms with Gasteiger partial charge in [-0.25, -0.2) is 0 Å². The lowest BCUT2D eigenvalue weighted by Gasteiger charge is -2.26. The summed E-state index contributed by atoms with van der Waals surface area (Å²) < 4.78 is 36.4. The number of hydrogen-bond acceptors (Lipinski definition) is 2. The van der Waals surface area contributed by atoms with Crippen LogP contribution in [0.25, 0.3) is 0 Å². The largest absolute Gasteiger partial charge is 0.412 e. The molecule has 0 aromatic rings. The Bertz CT molecular complexity index is 198. The minimum atomic E-state index is -4.14. The van der Waals surface area contributed by atoms with Gasteiger partial charge in [-0.2, -0.15) is 13.2 Å². The van der Waals surface area contributed by atoms with Crippen LogP contribution in [0.4, 0.5) is 13.2 Å². The molecule has 2 N–H and O–H groups in total. The molecule has 1 aliphatic heterocycles. The first kappa shape index (κ1) is 10.5. The van der Waals surface area contributed by atoms with Gasteiger partial charge < -0.3 is 5.73 Å². The second kappa shape index (κ2) is 4.11. The molecule has 0 aromatic carbocycles. The van der Waals surface area contributed by atoms with Crippen molar-refractivity contribution in [2.75, 3.05) is 26.2 Å². The molecule has 13 heavy (non-hydrogen) atoms. The molecule has 1 rings (SSSR count). The topological polar surface area (TPSA) is 29.3 Å². The van der Waals surface area contributed by atoms with E-state index in [1.54, 1.807) is 0 Å². The predicted octanol–water partition coefficient (Wildman–Crippen LogP) is 1.14. The number of alkyl halides is 3. The summed E-state index contributed by atoms with van der Waals surface area (Å²) in [5, 5.41) is 0. The fourth-order valence-corrected chi connectivity index (χ4v) is 1.35. The van der Waals surface area contributed by atoms with Crippen LogP contribution in [0.3, 0.4) is 0 Å². The van der Waals surface area contributed by atoms with E-state index >= 15 is 0 Å². The zero-order valence-electron chi connectivity index (χ0n) is 7.27. The van der Waals surface area contributed by atoms with E-state index in [1.807, 2.05) is 4.90 Å². The van der Waals surface area contributed by atoms with Crippen molar-refractivity contribution in [3.63, 3.8) is 0 Å². The van der Waals surface area contributed by atoms with Crippen molar-refractivity contribution in [3.05, 3.63) is 11.6 Å². The highest BCUT2D eigenvalue weighted by molar-refractivity contribution is 5.12. The zero-order valence-corrected chi connectivity index (χ0v) is 7.27. The van der Waals surface area contributed by atoms with Crippen molar-refractivity contribution < 1.29 is 13.2 Å². The molecule has 0 bridgehead atoms. The molecule has 1 heterocycles. The number of nitrogens with zero attached hydrogens (tertiary/aromatic N) is 1. The lowest BCUT2D eigenvalue weighted by atomic mass is 10.1. The Labute approximate surface area is 75.2 Å². The van der Waals surface area contributed by atoms with Crippen LogP contribution < -0.4 is 5.73 Å². The van der Waals surface area contributed by atoms with Gasteiger partial charge in [-0.1, -0.05) is 6.08 Å². The molecule has 0 spiro atoms. The zero-order chi connectivity index (χ0) is 9.90. The highest BCUT2D eigenvalue weighted by Gasteiger charge is 2.34. The maximum atomic E-state index is 12.1. The summed E-state index contributed by atoms with van der Waals surface area (Å²) in [6.07, 6.45) is -2.81. The third kappa shape index (κ3) is 3.00. The Morgan fingerprint density at radius 1 is 1.46 bits per heavy atom. The van der Waals surface area contributed by atoms with E-state index in [0.717, 1.165) is 0 Å². The van der Waals surface area contributed by atoms with Crippen LogP contribution in [-0.4, -0.2) is 37.3 Å². The molecule has 0 saturated heterocycles. The highest BCUT2D eigenvalue weighted by atomic mass is 19.4. The van der Waals surface area contributed by atoms with Crippen molar-refractivity contribution >= 4 is 0 Å². The third-order valence-electron chi connectivity index (χ3n) is 2.10. The standard InChI is InChI=1S/C8H13F3N2/c9-8(10,11)7-1-4-13(5-2-7)6-3-12/h1H,2-6,12H2. The van der Waals surface area contributed by atoms with E-state index in [-0.39, 0.29) is 6.42 Å². The summed E-state index contributed by atoms with van der Waals surface area (Å²) in [5.74, 6) is 0. The Kier molecular flexibility index (Phi) is 3.33. The maximum Gasteiger partial charge on any atom is 0.412 e. The number of halogens is 3. The van der Waals surface area contributed by atoms with Crippen LogP contribution in [0.1, 0.15) is 6.42 Å². The van der Waals surface area contributed by atoms with Crippen LogP contribution in [0, 0.1) is 0 Å². The second-order valence-corrected chi connectivity index (χ2v) is 3.07. The van der Waals surface area contributed by atoms with E-state index in [1.165, 1.54) is 6.08 Å². The fourth-order valence-electron chi connectivity index (χ4n) is 1.35. The van der Waals surface area contributed by atoms with Crippen LogP contribution in [0.15, 0.2) is 11.6 Å². The lowest BCUT2D eigenvalue weighted by Crippen LogP contribution is -2.35. The van der Waals surface area contributed by atoms with E-state index < -0.39 is 11.7 Å². The second-order valence-electron chi connectivity index (χ2n) is 3.07. The average molecular weight is 194 g/mol. The molecule has 0 radical (unpaired) electrons. The molecule has 76 valence electrons. The summed E-state index contributed by atoms with van der Waals surface area (Å²) in [6, 6.07) is 0. The third-order valence-corrected chi connectivity index (χ3v) is 2.10. The Morgan fingerprint density at radius 3 is 2.54 bits per heavy atom. The summed E-state index contributed by atoms with van der Waals surface area (Å²) in [4.78, 5) is 1.91. The van der Waals surface area contributed by atoms with Crippen LogP contribution in [0.5, 0.6) is 0 Å². The van der Waals surface area contributed by atoms with Gasteiger partial charge in [0.25, 0.3) is 0 Å². The smallest absolute Gasteiger partial charge is 0.329 e. The van der Waals surface area contributed by atoms with E-state index in [2.05, 4.69) is 0 Å². The van der Waals surface area contributed by atoms with Gasteiger partial charge in [0.15, 0.2) is 0 Å². The summed E-state index contributed by atoms with van der Waals surface area (Å²) in [6.45, 7) is 1.99. The Morgan fingerprint density at radius 2 is 2.15 bits per heavy atom. The quantitative estimate of drug-likeness (QED) is 0.668. The number of rotatable bonds is 2. The monoisotopic (exact) mass is 194 g/mol. The molecule has 5 heteroatoms. The molecular formula is C8H13F3N2. The number of nitrogens with two attached hydrogens (primary N) is 1. The van der Waals surface area contributed by atoms with Crippen LogP contribution in [0.2, 0.25) is 0 Å². The van der Waals surface area contributed by atoms with Crippen molar-refractivity contribution in [2.24, 2.45) is 5.73 Å². The van der Waals surface area contributed by atoms with E-state index in [9.17, 15) is 13.2 Å². The van der Waals surface area contributed by atoms with Gasteiger partial charge in [0.05, 0.1) is 0 Å². The molecule has 0 amide bonds. The van der Waals surface area contributed by atoms with Gasteiger partial charge in [0.2, 0.25) is 0 Å². The first-order valence-corrected chi connectivity index (χ1v) is 4.22. The first-order valence-electron chi connectivity index (χ1n) is 4.22. The van der Waals surface area contributed by atoms with Crippen molar-refractivity contribution in [1.82, 2.24) is 4.90 Å². The van der Waals surface area contributed by atoms with Gasteiger partial charge in [0, 0.05) is 31.8 Å². The van der Waals surface area contributed by atoms with Crippen LogP contribution >= 0.6 is 0 Å². The van der Waals surface area contributed by atoms with Gasteiger partial charge >= 0.3 is 6.18 Å². The minimum Gasteiger partial charge on any atom is -0.329 e. The molecule has 0 atom stereocenters.